The monoisotopic (exact) mass is 158 g/mol. The van der Waals surface area contributed by atoms with E-state index in [4.69, 9.17) is 0 Å². The smallest absolute Gasteiger partial charge is 0.384 e. The van der Waals surface area contributed by atoms with E-state index in [9.17, 15) is 14.4 Å². The molecular formula is C6H6O5. The third-order valence-electron chi connectivity index (χ3n) is 0.556. The Bertz CT molecular complexity index is 205. The lowest BCUT2D eigenvalue weighted by atomic mass is 10.8. The Morgan fingerprint density at radius 2 is 1.45 bits per heavy atom. The Labute approximate surface area is 62.6 Å². The van der Waals surface area contributed by atoms with Gasteiger partial charge in [0.2, 0.25) is 5.94 Å². The summed E-state index contributed by atoms with van der Waals surface area (Å²) < 4.78 is 8.24. The molecule has 60 valence electrons. The normalized spacial score (nSPS) is 7.82. The quantitative estimate of drug-likeness (QED) is 0.316. The first-order valence-corrected chi connectivity index (χ1v) is 2.68. The van der Waals surface area contributed by atoms with Crippen molar-refractivity contribution in [2.24, 2.45) is 0 Å². The molecule has 0 aliphatic heterocycles. The molecule has 0 atom stereocenters. The first-order valence-electron chi connectivity index (χ1n) is 2.68. The lowest BCUT2D eigenvalue weighted by Crippen LogP contribution is -2.06. The summed E-state index contributed by atoms with van der Waals surface area (Å²) in [6.45, 7) is 2.14. The number of hydrogen-bond donors (Lipinski definition) is 0. The zero-order chi connectivity index (χ0) is 8.85. The van der Waals surface area contributed by atoms with Gasteiger partial charge in [-0.05, 0) is 0 Å². The highest BCUT2D eigenvalue weighted by atomic mass is 16.7. The molecule has 11 heavy (non-hydrogen) atoms. The van der Waals surface area contributed by atoms with E-state index in [2.05, 4.69) is 9.47 Å². The molecule has 5 heteroatoms. The van der Waals surface area contributed by atoms with Crippen LogP contribution in [0.15, 0.2) is 5.95 Å². The van der Waals surface area contributed by atoms with Gasteiger partial charge in [0.25, 0.3) is 0 Å². The van der Waals surface area contributed by atoms with Crippen LogP contribution in [0.2, 0.25) is 0 Å². The maximum atomic E-state index is 10.2. The van der Waals surface area contributed by atoms with E-state index in [0.717, 1.165) is 19.8 Å². The molecule has 5 nitrogen and oxygen atoms in total. The molecule has 0 heterocycles. The second kappa shape index (κ2) is 4.24. The van der Waals surface area contributed by atoms with E-state index >= 15 is 0 Å². The molecule has 0 saturated carbocycles. The molecule has 0 bridgehead atoms. The zero-order valence-electron chi connectivity index (χ0n) is 6.04. The Hall–Kier alpha value is -1.61. The summed E-state index contributed by atoms with van der Waals surface area (Å²) >= 11 is 0. The molecule has 0 saturated heterocycles. The maximum Gasteiger partial charge on any atom is 0.385 e. The Morgan fingerprint density at radius 3 is 1.64 bits per heavy atom. The zero-order valence-corrected chi connectivity index (χ0v) is 6.04. The first kappa shape index (κ1) is 9.39. The van der Waals surface area contributed by atoms with Crippen molar-refractivity contribution in [1.82, 2.24) is 0 Å². The lowest BCUT2D eigenvalue weighted by molar-refractivity contribution is -0.150. The van der Waals surface area contributed by atoms with Crippen molar-refractivity contribution < 1.29 is 23.9 Å². The summed E-state index contributed by atoms with van der Waals surface area (Å²) in [6.07, 6.45) is 0. The molecule has 0 aliphatic rings. The summed E-state index contributed by atoms with van der Waals surface area (Å²) in [5.74, 6) is -1.11. The fourth-order valence-corrected chi connectivity index (χ4v) is 0.324. The average molecular weight is 158 g/mol. The molecule has 0 aromatic carbocycles. The van der Waals surface area contributed by atoms with Crippen LogP contribution in [0.1, 0.15) is 13.8 Å². The Balaban J connectivity index is 4.10. The van der Waals surface area contributed by atoms with Crippen molar-refractivity contribution in [3.8, 4) is 0 Å². The van der Waals surface area contributed by atoms with Gasteiger partial charge in [0.15, 0.2) is 0 Å². The summed E-state index contributed by atoms with van der Waals surface area (Å²) in [4.78, 5) is 30.2. The standard InChI is InChI=1S/C6H6O5/c1-4(8)10-6(3-7)11-5(2)9/h1-2H3. The van der Waals surface area contributed by atoms with Crippen LogP contribution >= 0.6 is 0 Å². The van der Waals surface area contributed by atoms with Gasteiger partial charge in [-0.25, -0.2) is 4.79 Å². The molecule has 0 rings (SSSR count). The van der Waals surface area contributed by atoms with Gasteiger partial charge < -0.3 is 9.47 Å². The van der Waals surface area contributed by atoms with Crippen LogP contribution in [-0.4, -0.2) is 17.9 Å². The van der Waals surface area contributed by atoms with Crippen molar-refractivity contribution in [2.75, 3.05) is 0 Å². The summed E-state index contributed by atoms with van der Waals surface area (Å²) in [5.41, 5.74) is 0. The lowest BCUT2D eigenvalue weighted by Gasteiger charge is -1.99. The Kier molecular flexibility index (Phi) is 3.62. The predicted octanol–water partition coefficient (Wildman–Crippen LogP) is -0.214. The van der Waals surface area contributed by atoms with E-state index in [1.807, 2.05) is 0 Å². The minimum atomic E-state index is -0.759. The van der Waals surface area contributed by atoms with E-state index in [1.165, 1.54) is 0 Å². The molecule has 0 N–H and O–H groups in total. The van der Waals surface area contributed by atoms with Crippen LogP contribution in [0.5, 0.6) is 0 Å². The summed E-state index contributed by atoms with van der Waals surface area (Å²) in [6, 6.07) is 0. The van der Waals surface area contributed by atoms with Gasteiger partial charge in [0.1, 0.15) is 0 Å². The second-order valence-electron chi connectivity index (χ2n) is 1.58. The first-order chi connectivity index (χ1) is 5.06. The molecule has 0 amide bonds. The number of carbonyl (C=O) groups is 2. The van der Waals surface area contributed by atoms with E-state index in [1.54, 1.807) is 0 Å². The third kappa shape index (κ3) is 4.87. The average Bonchev–Trinajstić information content (AvgIpc) is 1.84. The van der Waals surface area contributed by atoms with Gasteiger partial charge in [-0.15, -0.1) is 0 Å². The van der Waals surface area contributed by atoms with E-state index in [-0.39, 0.29) is 0 Å². The highest BCUT2D eigenvalue weighted by Gasteiger charge is 2.06. The molecule has 0 fully saturated rings. The number of ether oxygens (including phenoxy) is 2. The van der Waals surface area contributed by atoms with Crippen LogP contribution in [0.4, 0.5) is 0 Å². The molecule has 0 aliphatic carbocycles. The fraction of sp³-hybridized carbons (Fsp3) is 0.333. The van der Waals surface area contributed by atoms with Crippen LogP contribution < -0.4 is 0 Å². The minimum absolute atomic E-state index is 0.746. The van der Waals surface area contributed by atoms with Crippen molar-refractivity contribution in [1.29, 1.82) is 0 Å². The molecule has 0 radical (unpaired) electrons. The van der Waals surface area contributed by atoms with Crippen LogP contribution in [0, 0.1) is 0 Å². The fourth-order valence-electron chi connectivity index (χ4n) is 0.324. The second-order valence-corrected chi connectivity index (χ2v) is 1.58. The van der Waals surface area contributed by atoms with Gasteiger partial charge in [0, 0.05) is 13.8 Å². The minimum Gasteiger partial charge on any atom is -0.384 e. The van der Waals surface area contributed by atoms with Crippen molar-refractivity contribution >= 4 is 17.9 Å². The van der Waals surface area contributed by atoms with Crippen molar-refractivity contribution in [3.63, 3.8) is 0 Å². The molecule has 0 unspecified atom stereocenters. The molecule has 0 aromatic rings. The van der Waals surface area contributed by atoms with E-state index in [0.29, 0.717) is 0 Å². The number of esters is 2. The predicted molar refractivity (Wildman–Crippen MR) is 32.7 cm³/mol. The van der Waals surface area contributed by atoms with Crippen LogP contribution in [0.3, 0.4) is 0 Å². The SMILES string of the molecule is CC(=O)OC(=C=O)OC(C)=O. The van der Waals surface area contributed by atoms with Gasteiger partial charge in [0.05, 0.1) is 0 Å². The molecular weight excluding hydrogens is 152 g/mol. The number of hydrogen-bond acceptors (Lipinski definition) is 5. The highest BCUT2D eigenvalue weighted by molar-refractivity contribution is 5.72. The summed E-state index contributed by atoms with van der Waals surface area (Å²) in [5, 5.41) is 0. The van der Waals surface area contributed by atoms with Crippen LogP contribution in [-0.2, 0) is 23.9 Å². The summed E-state index contributed by atoms with van der Waals surface area (Å²) in [7, 11) is 0. The molecule has 0 aromatic heterocycles. The number of carbonyl (C=O) groups excluding carboxylic acids is 3. The van der Waals surface area contributed by atoms with Gasteiger partial charge in [-0.3, -0.25) is 9.59 Å². The van der Waals surface area contributed by atoms with Crippen LogP contribution in [0.25, 0.3) is 0 Å². The largest absolute Gasteiger partial charge is 0.385 e. The van der Waals surface area contributed by atoms with Gasteiger partial charge in [-0.1, -0.05) is 0 Å². The third-order valence-corrected chi connectivity index (χ3v) is 0.556. The maximum absolute atomic E-state index is 10.2. The van der Waals surface area contributed by atoms with Gasteiger partial charge in [-0.2, -0.15) is 0 Å². The Morgan fingerprint density at radius 1 is 1.09 bits per heavy atom. The van der Waals surface area contributed by atoms with E-state index < -0.39 is 17.9 Å². The topological polar surface area (TPSA) is 69.7 Å². The van der Waals surface area contributed by atoms with Crippen molar-refractivity contribution in [2.45, 2.75) is 13.8 Å². The van der Waals surface area contributed by atoms with Gasteiger partial charge >= 0.3 is 17.9 Å². The highest BCUT2D eigenvalue weighted by Crippen LogP contribution is 1.95. The number of rotatable bonds is 2. The van der Waals surface area contributed by atoms with Crippen molar-refractivity contribution in [3.05, 3.63) is 5.95 Å². The molecule has 0 spiro atoms.